The molecular weight excluding hydrogens is 501 g/mol. The summed E-state index contributed by atoms with van der Waals surface area (Å²) in [5.41, 5.74) is 2.53. The molecule has 0 aliphatic heterocycles. The third-order valence-corrected chi connectivity index (χ3v) is 7.74. The fourth-order valence-corrected chi connectivity index (χ4v) is 5.20. The SMILES string of the molecule is CCC(C)N(Cc1cccc(OS(=O)(=O)c2ccc(F)cc2)c1)C(=O)C(c1ccccc1)c1ccccc1. The van der Waals surface area contributed by atoms with Crippen molar-refractivity contribution in [2.75, 3.05) is 0 Å². The van der Waals surface area contributed by atoms with E-state index >= 15 is 0 Å². The summed E-state index contributed by atoms with van der Waals surface area (Å²) in [6.07, 6.45) is 0.747. The Labute approximate surface area is 223 Å². The minimum atomic E-state index is -4.15. The molecule has 0 aliphatic rings. The van der Waals surface area contributed by atoms with Gasteiger partial charge in [0.15, 0.2) is 0 Å². The van der Waals surface area contributed by atoms with Gasteiger partial charge in [-0.25, -0.2) is 4.39 Å². The van der Waals surface area contributed by atoms with Crippen LogP contribution in [0.4, 0.5) is 4.39 Å². The number of carbonyl (C=O) groups is 1. The normalized spacial score (nSPS) is 12.2. The number of hydrogen-bond acceptors (Lipinski definition) is 4. The van der Waals surface area contributed by atoms with E-state index in [1.807, 2.05) is 85.5 Å². The lowest BCUT2D eigenvalue weighted by molar-refractivity contribution is -0.134. The summed E-state index contributed by atoms with van der Waals surface area (Å²) in [6.45, 7) is 4.31. The summed E-state index contributed by atoms with van der Waals surface area (Å²) in [7, 11) is -4.15. The van der Waals surface area contributed by atoms with Crippen molar-refractivity contribution in [1.82, 2.24) is 4.90 Å². The van der Waals surface area contributed by atoms with Crippen LogP contribution in [0, 0.1) is 5.82 Å². The second-order valence-electron chi connectivity index (χ2n) is 9.12. The van der Waals surface area contributed by atoms with Crippen molar-refractivity contribution < 1.29 is 21.8 Å². The molecule has 0 N–H and O–H groups in total. The summed E-state index contributed by atoms with van der Waals surface area (Å²) in [5.74, 6) is -0.942. The van der Waals surface area contributed by atoms with Gasteiger partial charge >= 0.3 is 10.1 Å². The standard InChI is InChI=1S/C31H30FNO4S/c1-3-23(2)33(31(34)30(25-12-6-4-7-13-25)26-14-8-5-9-15-26)22-24-11-10-16-28(21-24)37-38(35,36)29-19-17-27(32)18-20-29/h4-21,23,30H,3,22H2,1-2H3. The van der Waals surface area contributed by atoms with Crippen LogP contribution in [0.5, 0.6) is 5.75 Å². The topological polar surface area (TPSA) is 63.7 Å². The maximum absolute atomic E-state index is 14.1. The average Bonchev–Trinajstić information content (AvgIpc) is 2.93. The van der Waals surface area contributed by atoms with Crippen LogP contribution in [0.2, 0.25) is 0 Å². The van der Waals surface area contributed by atoms with E-state index in [4.69, 9.17) is 4.18 Å². The first kappa shape index (κ1) is 27.1. The van der Waals surface area contributed by atoms with Gasteiger partial charge in [-0.05, 0) is 66.4 Å². The fourth-order valence-electron chi connectivity index (χ4n) is 4.27. The number of carbonyl (C=O) groups excluding carboxylic acids is 1. The number of rotatable bonds is 10. The molecule has 0 heterocycles. The summed E-state index contributed by atoms with van der Waals surface area (Å²) in [4.78, 5) is 15.8. The van der Waals surface area contributed by atoms with Crippen LogP contribution in [-0.4, -0.2) is 25.3 Å². The second kappa shape index (κ2) is 12.0. The van der Waals surface area contributed by atoms with Crippen molar-refractivity contribution in [1.29, 1.82) is 0 Å². The summed E-state index contributed by atoms with van der Waals surface area (Å²) in [5, 5.41) is 0. The van der Waals surface area contributed by atoms with Gasteiger partial charge in [-0.1, -0.05) is 79.7 Å². The third kappa shape index (κ3) is 6.47. The number of benzene rings is 4. The predicted molar refractivity (Wildman–Crippen MR) is 146 cm³/mol. The summed E-state index contributed by atoms with van der Waals surface area (Å²) in [6, 6.07) is 30.4. The fraction of sp³-hybridized carbons (Fsp3) is 0.194. The highest BCUT2D eigenvalue weighted by molar-refractivity contribution is 7.87. The zero-order valence-corrected chi connectivity index (χ0v) is 22.1. The zero-order valence-electron chi connectivity index (χ0n) is 21.3. The van der Waals surface area contributed by atoms with Crippen molar-refractivity contribution in [3.05, 3.63) is 132 Å². The smallest absolute Gasteiger partial charge is 0.339 e. The molecule has 0 bridgehead atoms. The molecule has 5 nitrogen and oxygen atoms in total. The minimum absolute atomic E-state index is 0.0398. The van der Waals surface area contributed by atoms with Gasteiger partial charge in [0.2, 0.25) is 5.91 Å². The lowest BCUT2D eigenvalue weighted by Gasteiger charge is -2.33. The van der Waals surface area contributed by atoms with Gasteiger partial charge in [0.25, 0.3) is 0 Å². The van der Waals surface area contributed by atoms with Crippen molar-refractivity contribution in [3.63, 3.8) is 0 Å². The highest BCUT2D eigenvalue weighted by atomic mass is 32.2. The van der Waals surface area contributed by atoms with Crippen LogP contribution < -0.4 is 4.18 Å². The van der Waals surface area contributed by atoms with Crippen molar-refractivity contribution in [2.45, 2.75) is 43.7 Å². The molecule has 0 radical (unpaired) electrons. The molecule has 0 spiro atoms. The molecule has 7 heteroatoms. The van der Waals surface area contributed by atoms with Gasteiger partial charge in [0.05, 0.1) is 5.92 Å². The van der Waals surface area contributed by atoms with Crippen molar-refractivity contribution in [3.8, 4) is 5.75 Å². The molecule has 196 valence electrons. The van der Waals surface area contributed by atoms with Crippen LogP contribution in [0.3, 0.4) is 0 Å². The van der Waals surface area contributed by atoms with Gasteiger partial charge in [-0.3, -0.25) is 4.79 Å². The Balaban J connectivity index is 1.63. The highest BCUT2D eigenvalue weighted by Crippen LogP contribution is 2.29. The van der Waals surface area contributed by atoms with Gasteiger partial charge in [-0.2, -0.15) is 8.42 Å². The first-order valence-electron chi connectivity index (χ1n) is 12.5. The summed E-state index contributed by atoms with van der Waals surface area (Å²) < 4.78 is 44.0. The molecule has 38 heavy (non-hydrogen) atoms. The second-order valence-corrected chi connectivity index (χ2v) is 10.7. The molecule has 0 aliphatic carbocycles. The molecule has 0 fully saturated rings. The Hall–Kier alpha value is -3.97. The largest absolute Gasteiger partial charge is 0.379 e. The quantitative estimate of drug-likeness (QED) is 0.218. The van der Waals surface area contributed by atoms with Crippen LogP contribution in [0.15, 0.2) is 114 Å². The Morgan fingerprint density at radius 2 is 1.42 bits per heavy atom. The van der Waals surface area contributed by atoms with E-state index in [0.29, 0.717) is 0 Å². The van der Waals surface area contributed by atoms with Crippen LogP contribution >= 0.6 is 0 Å². The molecule has 1 unspecified atom stereocenters. The van der Waals surface area contributed by atoms with Crippen LogP contribution in [0.25, 0.3) is 0 Å². The highest BCUT2D eigenvalue weighted by Gasteiger charge is 2.30. The average molecular weight is 532 g/mol. The Morgan fingerprint density at radius 3 is 1.97 bits per heavy atom. The number of nitrogens with zero attached hydrogens (tertiary/aromatic N) is 1. The van der Waals surface area contributed by atoms with E-state index in [1.165, 1.54) is 6.07 Å². The lowest BCUT2D eigenvalue weighted by atomic mass is 9.89. The first-order valence-corrected chi connectivity index (χ1v) is 13.9. The molecule has 4 aromatic rings. The zero-order chi connectivity index (χ0) is 27.1. The molecule has 0 aromatic heterocycles. The maximum atomic E-state index is 14.1. The van der Waals surface area contributed by atoms with Crippen LogP contribution in [-0.2, 0) is 21.5 Å². The van der Waals surface area contributed by atoms with E-state index in [2.05, 4.69) is 0 Å². The van der Waals surface area contributed by atoms with Crippen molar-refractivity contribution >= 4 is 16.0 Å². The molecule has 4 rings (SSSR count). The van der Waals surface area contributed by atoms with E-state index < -0.39 is 21.9 Å². The van der Waals surface area contributed by atoms with E-state index in [0.717, 1.165) is 47.4 Å². The molecule has 0 saturated carbocycles. The Bertz CT molecular complexity index is 1420. The van der Waals surface area contributed by atoms with E-state index in [9.17, 15) is 17.6 Å². The van der Waals surface area contributed by atoms with Crippen LogP contribution in [0.1, 0.15) is 42.9 Å². The molecule has 1 atom stereocenters. The molecule has 1 amide bonds. The van der Waals surface area contributed by atoms with E-state index in [-0.39, 0.29) is 29.1 Å². The number of amides is 1. The summed E-state index contributed by atoms with van der Waals surface area (Å²) >= 11 is 0. The first-order chi connectivity index (χ1) is 18.3. The van der Waals surface area contributed by atoms with Gasteiger partial charge in [0, 0.05) is 12.6 Å². The van der Waals surface area contributed by atoms with Gasteiger partial charge < -0.3 is 9.08 Å². The third-order valence-electron chi connectivity index (χ3n) is 6.48. The minimum Gasteiger partial charge on any atom is -0.379 e. The number of hydrogen-bond donors (Lipinski definition) is 0. The Kier molecular flexibility index (Phi) is 8.59. The molecular formula is C31H30FNO4S. The monoisotopic (exact) mass is 531 g/mol. The Morgan fingerprint density at radius 1 is 0.842 bits per heavy atom. The number of halogens is 1. The van der Waals surface area contributed by atoms with Gasteiger partial charge in [-0.15, -0.1) is 0 Å². The molecule has 4 aromatic carbocycles. The predicted octanol–water partition coefficient (Wildman–Crippen LogP) is 6.55. The van der Waals surface area contributed by atoms with E-state index in [1.54, 1.807) is 12.1 Å². The molecule has 0 saturated heterocycles. The lowest BCUT2D eigenvalue weighted by Crippen LogP contribution is -2.41. The van der Waals surface area contributed by atoms with Gasteiger partial charge in [0.1, 0.15) is 16.5 Å². The maximum Gasteiger partial charge on any atom is 0.339 e. The van der Waals surface area contributed by atoms with Crippen molar-refractivity contribution in [2.24, 2.45) is 0 Å².